The van der Waals surface area contributed by atoms with Gasteiger partial charge in [-0.1, -0.05) is 38.1 Å². The highest BCUT2D eigenvalue weighted by Gasteiger charge is 2.58. The minimum atomic E-state index is -0.106. The van der Waals surface area contributed by atoms with Crippen LogP contribution in [0.5, 0.6) is 0 Å². The Morgan fingerprint density at radius 3 is 2.77 bits per heavy atom. The monoisotopic (exact) mass is 412 g/mol. The second-order valence-electron chi connectivity index (χ2n) is 11.0. The molecule has 0 aliphatic heterocycles. The number of hydrogen-bond acceptors (Lipinski definition) is 2. The van der Waals surface area contributed by atoms with E-state index in [4.69, 9.17) is 0 Å². The molecule has 3 heteroatoms. The first kappa shape index (κ1) is 19.4. The summed E-state index contributed by atoms with van der Waals surface area (Å²) < 4.78 is 2.26. The molecule has 0 bridgehead atoms. The number of aliphatic hydroxyl groups excluding tert-OH is 1. The molecule has 6 atom stereocenters. The number of allylic oxidation sites excluding steroid dienone is 4. The summed E-state index contributed by atoms with van der Waals surface area (Å²) in [6, 6.07) is 10.6. The lowest BCUT2D eigenvalue weighted by Gasteiger charge is -2.56. The topological polar surface area (TPSA) is 49.0 Å². The fourth-order valence-corrected chi connectivity index (χ4v) is 7.98. The maximum atomic E-state index is 10.7. The van der Waals surface area contributed by atoms with Crippen molar-refractivity contribution in [1.29, 1.82) is 5.26 Å². The molecule has 0 radical (unpaired) electrons. The van der Waals surface area contributed by atoms with Gasteiger partial charge in [0.2, 0.25) is 0 Å². The second-order valence-corrected chi connectivity index (χ2v) is 11.0. The third-order valence-corrected chi connectivity index (χ3v) is 9.84. The van der Waals surface area contributed by atoms with Crippen LogP contribution < -0.4 is 0 Å². The Morgan fingerprint density at radius 2 is 1.94 bits per heavy atom. The van der Waals surface area contributed by atoms with E-state index in [1.54, 1.807) is 0 Å². The fraction of sp³-hybridized carbons (Fsp3) is 0.536. The average molecular weight is 413 g/mol. The highest BCUT2D eigenvalue weighted by Crippen LogP contribution is 2.64. The molecule has 2 aromatic rings. The average Bonchev–Trinajstić information content (AvgIpc) is 3.30. The van der Waals surface area contributed by atoms with Crippen molar-refractivity contribution in [2.75, 3.05) is 0 Å². The first-order chi connectivity index (χ1) is 15.0. The van der Waals surface area contributed by atoms with Gasteiger partial charge in [0, 0.05) is 17.3 Å². The third kappa shape index (κ3) is 2.55. The summed E-state index contributed by atoms with van der Waals surface area (Å²) in [4.78, 5) is 0. The van der Waals surface area contributed by atoms with Crippen molar-refractivity contribution in [2.24, 2.45) is 28.6 Å². The van der Waals surface area contributed by atoms with Gasteiger partial charge in [0.05, 0.1) is 17.2 Å². The molecule has 4 aliphatic rings. The Balaban J connectivity index is 1.39. The Bertz CT molecular complexity index is 1160. The van der Waals surface area contributed by atoms with Gasteiger partial charge in [-0.3, -0.25) is 0 Å². The van der Waals surface area contributed by atoms with Crippen molar-refractivity contribution < 1.29 is 5.11 Å². The van der Waals surface area contributed by atoms with Gasteiger partial charge in [0.25, 0.3) is 0 Å². The number of hydrogen-bond donors (Lipinski definition) is 1. The van der Waals surface area contributed by atoms with Crippen LogP contribution in [-0.2, 0) is 0 Å². The number of nitriles is 1. The van der Waals surface area contributed by atoms with E-state index in [1.165, 1.54) is 37.0 Å². The predicted molar refractivity (Wildman–Crippen MR) is 124 cm³/mol. The summed E-state index contributed by atoms with van der Waals surface area (Å²) in [5, 5.41) is 21.3. The Hall–Kier alpha value is -2.31. The number of para-hydroxylation sites is 1. The van der Waals surface area contributed by atoms with Crippen molar-refractivity contribution in [3.05, 3.63) is 53.8 Å². The number of rotatable bonds is 1. The molecule has 3 nitrogen and oxygen atoms in total. The van der Waals surface area contributed by atoms with Crippen LogP contribution in [0.4, 0.5) is 0 Å². The molecule has 1 heterocycles. The summed E-state index contributed by atoms with van der Waals surface area (Å²) >= 11 is 0. The van der Waals surface area contributed by atoms with Crippen LogP contribution in [0, 0.1) is 39.9 Å². The van der Waals surface area contributed by atoms with Crippen LogP contribution in [0.2, 0.25) is 0 Å². The predicted octanol–water partition coefficient (Wildman–Crippen LogP) is 6.29. The van der Waals surface area contributed by atoms with Gasteiger partial charge in [0.15, 0.2) is 0 Å². The molecule has 0 amide bonds. The van der Waals surface area contributed by atoms with Gasteiger partial charge in [-0.2, -0.15) is 5.26 Å². The van der Waals surface area contributed by atoms with Crippen LogP contribution in [-0.4, -0.2) is 15.8 Å². The van der Waals surface area contributed by atoms with Gasteiger partial charge in [-0.25, -0.2) is 0 Å². The maximum Gasteiger partial charge on any atom is 0.101 e. The molecule has 1 aromatic carbocycles. The smallest absolute Gasteiger partial charge is 0.101 e. The second kappa shape index (κ2) is 6.59. The van der Waals surface area contributed by atoms with Crippen molar-refractivity contribution in [3.63, 3.8) is 0 Å². The summed E-state index contributed by atoms with van der Waals surface area (Å²) in [5.41, 5.74) is 5.09. The summed E-state index contributed by atoms with van der Waals surface area (Å²) in [5.74, 6) is 2.12. The highest BCUT2D eigenvalue weighted by atomic mass is 16.3. The lowest BCUT2D eigenvalue weighted by molar-refractivity contribution is -0.0623. The summed E-state index contributed by atoms with van der Waals surface area (Å²) in [6.45, 7) is 4.86. The zero-order valence-corrected chi connectivity index (χ0v) is 18.6. The van der Waals surface area contributed by atoms with E-state index in [1.807, 2.05) is 12.3 Å². The molecular weight excluding hydrogens is 380 g/mol. The Labute approximate surface area is 185 Å². The first-order valence-electron chi connectivity index (χ1n) is 12.1. The van der Waals surface area contributed by atoms with Gasteiger partial charge < -0.3 is 9.67 Å². The minimum Gasteiger partial charge on any atom is -0.393 e. The number of fused-ring (bicyclic) bond motifs is 6. The fourth-order valence-electron chi connectivity index (χ4n) is 7.98. The van der Waals surface area contributed by atoms with Crippen molar-refractivity contribution in [1.82, 2.24) is 4.57 Å². The summed E-state index contributed by atoms with van der Waals surface area (Å²) in [7, 11) is 0. The normalized spacial score (nSPS) is 39.2. The van der Waals surface area contributed by atoms with Crippen LogP contribution >= 0.6 is 0 Å². The van der Waals surface area contributed by atoms with E-state index in [0.29, 0.717) is 5.92 Å². The zero-order chi connectivity index (χ0) is 21.4. The van der Waals surface area contributed by atoms with E-state index in [2.05, 4.69) is 54.8 Å². The van der Waals surface area contributed by atoms with E-state index in [0.717, 1.165) is 47.6 Å². The number of nitrogens with zero attached hydrogens (tertiary/aromatic N) is 2. The molecule has 1 aromatic heterocycles. The first-order valence-corrected chi connectivity index (χ1v) is 12.1. The SMILES string of the molecule is C[C@]12CC[C@H]3[C@@H](CC=C4C=C(n5cc(C#N)c6ccccc65)CC[C@@]43C)[C@@H]1CC[C@@H]2O. The maximum absolute atomic E-state index is 10.7. The summed E-state index contributed by atoms with van der Waals surface area (Å²) in [6.07, 6.45) is 14.9. The quantitative estimate of drug-likeness (QED) is 0.598. The van der Waals surface area contributed by atoms with Gasteiger partial charge in [-0.15, -0.1) is 0 Å². The van der Waals surface area contributed by atoms with Crippen molar-refractivity contribution in [3.8, 4) is 6.07 Å². The number of aliphatic hydroxyl groups is 1. The van der Waals surface area contributed by atoms with Crippen LogP contribution in [0.15, 0.2) is 48.2 Å². The molecule has 2 saturated carbocycles. The van der Waals surface area contributed by atoms with Gasteiger partial charge >= 0.3 is 0 Å². The van der Waals surface area contributed by atoms with Crippen LogP contribution in [0.3, 0.4) is 0 Å². The van der Waals surface area contributed by atoms with Crippen LogP contribution in [0.25, 0.3) is 16.6 Å². The molecule has 31 heavy (non-hydrogen) atoms. The number of benzene rings is 1. The third-order valence-electron chi connectivity index (χ3n) is 9.84. The molecule has 0 spiro atoms. The number of aromatic nitrogens is 1. The largest absolute Gasteiger partial charge is 0.393 e. The Kier molecular flexibility index (Phi) is 4.12. The zero-order valence-electron chi connectivity index (χ0n) is 18.6. The van der Waals surface area contributed by atoms with Gasteiger partial charge in [0.1, 0.15) is 6.07 Å². The van der Waals surface area contributed by atoms with E-state index in [9.17, 15) is 10.4 Å². The standard InChI is InChI=1S/C28H32N2O/c1-27-13-11-20(30-17-18(16-29)21-5-3-4-6-25(21)30)15-19(27)7-8-22-23-9-10-26(31)28(23,2)14-12-24(22)27/h3-7,15,17,22-24,26,31H,8-14H2,1-2H3/t22-,23-,24-,26-,27-,28-/m0/s1. The van der Waals surface area contributed by atoms with E-state index in [-0.39, 0.29) is 16.9 Å². The molecule has 2 fully saturated rings. The van der Waals surface area contributed by atoms with Crippen LogP contribution in [0.1, 0.15) is 64.4 Å². The minimum absolute atomic E-state index is 0.106. The van der Waals surface area contributed by atoms with Crippen molar-refractivity contribution >= 4 is 16.6 Å². The Morgan fingerprint density at radius 1 is 1.10 bits per heavy atom. The molecular formula is C28H32N2O. The van der Waals surface area contributed by atoms with Crippen molar-refractivity contribution in [2.45, 2.75) is 64.9 Å². The molecule has 0 unspecified atom stereocenters. The highest BCUT2D eigenvalue weighted by molar-refractivity contribution is 5.89. The lowest BCUT2D eigenvalue weighted by atomic mass is 9.48. The molecule has 160 valence electrons. The van der Waals surface area contributed by atoms with E-state index >= 15 is 0 Å². The van der Waals surface area contributed by atoms with E-state index < -0.39 is 0 Å². The molecule has 6 rings (SSSR count). The molecule has 1 N–H and O–H groups in total. The molecule has 0 saturated heterocycles. The lowest BCUT2D eigenvalue weighted by Crippen LogP contribution is -2.50. The van der Waals surface area contributed by atoms with Gasteiger partial charge in [-0.05, 0) is 91.2 Å². The molecule has 4 aliphatic carbocycles.